The molecule has 1 aliphatic rings. The third kappa shape index (κ3) is 7.27. The zero-order chi connectivity index (χ0) is 12.3. The number of hydrogen-bond donors (Lipinski definition) is 2. The molecule has 1 heterocycles. The Kier molecular flexibility index (Phi) is 7.91. The molecule has 100 valence electrons. The number of hydrogen-bond acceptors (Lipinski definition) is 5. The van der Waals surface area contributed by atoms with Crippen molar-refractivity contribution in [2.45, 2.75) is 12.5 Å². The molecule has 6 heteroatoms. The highest BCUT2D eigenvalue weighted by molar-refractivity contribution is 5.77. The predicted molar refractivity (Wildman–Crippen MR) is 62.9 cm³/mol. The highest BCUT2D eigenvalue weighted by Crippen LogP contribution is 1.98. The molecule has 0 aromatic heterocycles. The zero-order valence-electron chi connectivity index (χ0n) is 10.4. The largest absolute Gasteiger partial charge is 0.385 e. The number of amides is 1. The molecule has 1 amide bonds. The van der Waals surface area contributed by atoms with Gasteiger partial charge >= 0.3 is 0 Å². The summed E-state index contributed by atoms with van der Waals surface area (Å²) in [5.74, 6) is -0.00201. The van der Waals surface area contributed by atoms with Crippen molar-refractivity contribution in [2.24, 2.45) is 0 Å². The van der Waals surface area contributed by atoms with E-state index < -0.39 is 0 Å². The topological polar surface area (TPSA) is 68.8 Å². The van der Waals surface area contributed by atoms with Crippen molar-refractivity contribution in [2.75, 3.05) is 53.2 Å². The summed E-state index contributed by atoms with van der Waals surface area (Å²) in [4.78, 5) is 11.4. The van der Waals surface area contributed by atoms with Crippen molar-refractivity contribution in [3.05, 3.63) is 0 Å². The monoisotopic (exact) mass is 246 g/mol. The van der Waals surface area contributed by atoms with E-state index in [1.54, 1.807) is 7.11 Å². The SMILES string of the molecule is COCCCNC(=O)CNCC1COCCO1. The van der Waals surface area contributed by atoms with Gasteiger partial charge in [0.1, 0.15) is 0 Å². The van der Waals surface area contributed by atoms with Gasteiger partial charge in [-0.15, -0.1) is 0 Å². The van der Waals surface area contributed by atoms with Crippen LogP contribution in [0.2, 0.25) is 0 Å². The number of carbonyl (C=O) groups is 1. The molecule has 17 heavy (non-hydrogen) atoms. The smallest absolute Gasteiger partial charge is 0.233 e. The maximum absolute atomic E-state index is 11.4. The van der Waals surface area contributed by atoms with Gasteiger partial charge in [0.15, 0.2) is 0 Å². The minimum absolute atomic E-state index is 0.00201. The molecule has 1 saturated heterocycles. The molecule has 6 nitrogen and oxygen atoms in total. The standard InChI is InChI=1S/C11H22N2O4/c1-15-4-2-3-13-11(14)8-12-7-10-9-16-5-6-17-10/h10,12H,2-9H2,1H3,(H,13,14). The van der Waals surface area contributed by atoms with Crippen LogP contribution < -0.4 is 10.6 Å². The van der Waals surface area contributed by atoms with E-state index >= 15 is 0 Å². The fraction of sp³-hybridized carbons (Fsp3) is 0.909. The molecule has 2 N–H and O–H groups in total. The van der Waals surface area contributed by atoms with Crippen LogP contribution in [0, 0.1) is 0 Å². The Bertz CT molecular complexity index is 208. The van der Waals surface area contributed by atoms with E-state index in [4.69, 9.17) is 14.2 Å². The molecule has 1 unspecified atom stereocenters. The van der Waals surface area contributed by atoms with Crippen LogP contribution in [0.3, 0.4) is 0 Å². The number of ether oxygens (including phenoxy) is 3. The first kappa shape index (κ1) is 14.4. The number of rotatable bonds is 8. The van der Waals surface area contributed by atoms with Gasteiger partial charge in [0.05, 0.1) is 32.5 Å². The lowest BCUT2D eigenvalue weighted by Gasteiger charge is -2.23. The third-order valence-electron chi connectivity index (χ3n) is 2.39. The maximum Gasteiger partial charge on any atom is 0.233 e. The van der Waals surface area contributed by atoms with Crippen molar-refractivity contribution in [1.29, 1.82) is 0 Å². The Morgan fingerprint density at radius 1 is 1.47 bits per heavy atom. The summed E-state index contributed by atoms with van der Waals surface area (Å²) in [5, 5.41) is 5.85. The van der Waals surface area contributed by atoms with E-state index in [1.807, 2.05) is 0 Å². The van der Waals surface area contributed by atoms with Gasteiger partial charge in [0.2, 0.25) is 5.91 Å². The number of methoxy groups -OCH3 is 1. The normalized spacial score (nSPS) is 20.2. The maximum atomic E-state index is 11.4. The second-order valence-electron chi connectivity index (χ2n) is 3.89. The third-order valence-corrected chi connectivity index (χ3v) is 2.39. The van der Waals surface area contributed by atoms with Gasteiger partial charge in [0.25, 0.3) is 0 Å². The van der Waals surface area contributed by atoms with Crippen molar-refractivity contribution in [1.82, 2.24) is 10.6 Å². The fourth-order valence-electron chi connectivity index (χ4n) is 1.51. The van der Waals surface area contributed by atoms with Crippen molar-refractivity contribution >= 4 is 5.91 Å². The Hall–Kier alpha value is -0.690. The highest BCUT2D eigenvalue weighted by atomic mass is 16.6. The second-order valence-corrected chi connectivity index (χ2v) is 3.89. The van der Waals surface area contributed by atoms with Crippen molar-refractivity contribution < 1.29 is 19.0 Å². The lowest BCUT2D eigenvalue weighted by molar-refractivity contribution is -0.120. The van der Waals surface area contributed by atoms with Crippen LogP contribution in [0.15, 0.2) is 0 Å². The lowest BCUT2D eigenvalue weighted by Crippen LogP contribution is -2.41. The molecular formula is C11H22N2O4. The number of carbonyl (C=O) groups excluding carboxylic acids is 1. The van der Waals surface area contributed by atoms with Gasteiger partial charge in [0, 0.05) is 26.8 Å². The van der Waals surface area contributed by atoms with Crippen LogP contribution >= 0.6 is 0 Å². The summed E-state index contributed by atoms with van der Waals surface area (Å²) in [6.07, 6.45) is 0.895. The molecule has 1 rings (SSSR count). The van der Waals surface area contributed by atoms with Crippen LogP contribution in [-0.2, 0) is 19.0 Å². The lowest BCUT2D eigenvalue weighted by atomic mass is 10.3. The first-order valence-corrected chi connectivity index (χ1v) is 5.98. The summed E-state index contributed by atoms with van der Waals surface area (Å²) in [7, 11) is 1.65. The zero-order valence-corrected chi connectivity index (χ0v) is 10.4. The van der Waals surface area contributed by atoms with E-state index in [0.29, 0.717) is 46.1 Å². The molecule has 0 aliphatic carbocycles. The van der Waals surface area contributed by atoms with Gasteiger partial charge in [-0.25, -0.2) is 0 Å². The fourth-order valence-corrected chi connectivity index (χ4v) is 1.51. The Morgan fingerprint density at radius 2 is 2.35 bits per heavy atom. The summed E-state index contributed by atoms with van der Waals surface area (Å²) >= 11 is 0. The van der Waals surface area contributed by atoms with Gasteiger partial charge in [-0.2, -0.15) is 0 Å². The van der Waals surface area contributed by atoms with Crippen molar-refractivity contribution in [3.8, 4) is 0 Å². The first-order chi connectivity index (χ1) is 8.33. The molecule has 1 fully saturated rings. The molecule has 0 aromatic rings. The average Bonchev–Trinajstić information content (AvgIpc) is 2.36. The molecule has 0 saturated carbocycles. The van der Waals surface area contributed by atoms with E-state index in [9.17, 15) is 4.79 Å². The van der Waals surface area contributed by atoms with Crippen LogP contribution in [0.5, 0.6) is 0 Å². The van der Waals surface area contributed by atoms with Crippen LogP contribution in [0.1, 0.15) is 6.42 Å². The predicted octanol–water partition coefficient (Wildman–Crippen LogP) is -0.856. The molecule has 0 bridgehead atoms. The summed E-state index contributed by atoms with van der Waals surface area (Å²) in [6, 6.07) is 0. The molecule has 1 aliphatic heterocycles. The van der Waals surface area contributed by atoms with Gasteiger partial charge in [-0.05, 0) is 6.42 Å². The second kappa shape index (κ2) is 9.35. The van der Waals surface area contributed by atoms with Crippen LogP contribution in [0.25, 0.3) is 0 Å². The van der Waals surface area contributed by atoms with Gasteiger partial charge in [-0.3, -0.25) is 4.79 Å². The van der Waals surface area contributed by atoms with Gasteiger partial charge in [-0.1, -0.05) is 0 Å². The Balaban J connectivity index is 1.92. The minimum Gasteiger partial charge on any atom is -0.385 e. The van der Waals surface area contributed by atoms with Crippen LogP contribution in [0.4, 0.5) is 0 Å². The van der Waals surface area contributed by atoms with Gasteiger partial charge < -0.3 is 24.8 Å². The van der Waals surface area contributed by atoms with E-state index in [-0.39, 0.29) is 12.0 Å². The highest BCUT2D eigenvalue weighted by Gasteiger charge is 2.13. The quantitative estimate of drug-likeness (QED) is 0.546. The van der Waals surface area contributed by atoms with Crippen molar-refractivity contribution in [3.63, 3.8) is 0 Å². The molecule has 0 aromatic carbocycles. The molecule has 1 atom stereocenters. The minimum atomic E-state index is -0.00201. The molecule has 0 spiro atoms. The average molecular weight is 246 g/mol. The van der Waals surface area contributed by atoms with E-state index in [1.165, 1.54) is 0 Å². The molecular weight excluding hydrogens is 224 g/mol. The first-order valence-electron chi connectivity index (χ1n) is 5.98. The van der Waals surface area contributed by atoms with E-state index in [0.717, 1.165) is 6.42 Å². The summed E-state index contributed by atoms with van der Waals surface area (Å²) in [6.45, 7) is 4.17. The molecule has 0 radical (unpaired) electrons. The van der Waals surface area contributed by atoms with Crippen LogP contribution in [-0.4, -0.2) is 65.2 Å². The Morgan fingerprint density at radius 3 is 3.06 bits per heavy atom. The van der Waals surface area contributed by atoms with E-state index in [2.05, 4.69) is 10.6 Å². The number of nitrogens with one attached hydrogen (secondary N) is 2. The summed E-state index contributed by atoms with van der Waals surface area (Å²) in [5.41, 5.74) is 0. The summed E-state index contributed by atoms with van der Waals surface area (Å²) < 4.78 is 15.6. The Labute approximate surface area is 102 Å².